The van der Waals surface area contributed by atoms with E-state index in [2.05, 4.69) is 5.32 Å². The maximum absolute atomic E-state index is 11.9. The highest BCUT2D eigenvalue weighted by Gasteiger charge is 2.16. The lowest BCUT2D eigenvalue weighted by Gasteiger charge is -2.15. The Morgan fingerprint density at radius 2 is 1.95 bits per heavy atom. The van der Waals surface area contributed by atoms with Crippen molar-refractivity contribution in [3.63, 3.8) is 0 Å². The zero-order chi connectivity index (χ0) is 14.4. The zero-order valence-corrected chi connectivity index (χ0v) is 11.4. The smallest absolute Gasteiger partial charge is 0.328 e. The summed E-state index contributed by atoms with van der Waals surface area (Å²) in [5.41, 5.74) is 1.41. The van der Waals surface area contributed by atoms with Gasteiger partial charge in [-0.25, -0.2) is 4.79 Å². The molecule has 0 fully saturated rings. The molecule has 0 saturated carbocycles. The summed E-state index contributed by atoms with van der Waals surface area (Å²) in [6.07, 6.45) is 2.56. The summed E-state index contributed by atoms with van der Waals surface area (Å²) in [5.74, 6) is -0.828. The molecule has 0 bridgehead atoms. The van der Waals surface area contributed by atoms with Gasteiger partial charge in [-0.15, -0.1) is 0 Å². The number of carboxylic acid groups (broad SMARTS) is 1. The van der Waals surface area contributed by atoms with E-state index in [-0.39, 0.29) is 17.7 Å². The number of rotatable bonds is 5. The first-order valence-electron chi connectivity index (χ1n) is 6.22. The van der Waals surface area contributed by atoms with Gasteiger partial charge in [-0.1, -0.05) is 32.9 Å². The van der Waals surface area contributed by atoms with Crippen LogP contribution in [0.1, 0.15) is 26.3 Å². The number of carbonyl (C=O) groups excluding carboxylic acids is 1. The van der Waals surface area contributed by atoms with E-state index in [0.717, 1.165) is 11.6 Å². The fourth-order valence-electron chi connectivity index (χ4n) is 1.45. The summed E-state index contributed by atoms with van der Waals surface area (Å²) in [7, 11) is 0. The van der Waals surface area contributed by atoms with E-state index in [1.165, 1.54) is 6.08 Å². The van der Waals surface area contributed by atoms with Crippen molar-refractivity contribution in [2.45, 2.75) is 20.8 Å². The van der Waals surface area contributed by atoms with Crippen molar-refractivity contribution in [3.05, 3.63) is 35.9 Å². The second kappa shape index (κ2) is 6.73. The lowest BCUT2D eigenvalue weighted by Crippen LogP contribution is -2.24. The Morgan fingerprint density at radius 1 is 1.26 bits per heavy atom. The van der Waals surface area contributed by atoms with Crippen LogP contribution in [-0.2, 0) is 9.59 Å². The van der Waals surface area contributed by atoms with Gasteiger partial charge in [0.1, 0.15) is 0 Å². The maximum Gasteiger partial charge on any atom is 0.328 e. The van der Waals surface area contributed by atoms with E-state index in [1.54, 1.807) is 24.3 Å². The van der Waals surface area contributed by atoms with Crippen LogP contribution in [-0.4, -0.2) is 17.0 Å². The largest absolute Gasteiger partial charge is 0.478 e. The molecule has 1 amide bonds. The Hall–Kier alpha value is -2.10. The first-order chi connectivity index (χ1) is 8.90. The molecule has 1 atom stereocenters. The molecule has 0 aliphatic carbocycles. The van der Waals surface area contributed by atoms with Crippen LogP contribution in [0.3, 0.4) is 0 Å². The molecule has 0 aromatic heterocycles. The van der Waals surface area contributed by atoms with Crippen LogP contribution in [0.2, 0.25) is 0 Å². The van der Waals surface area contributed by atoms with Crippen molar-refractivity contribution in [2.24, 2.45) is 11.8 Å². The van der Waals surface area contributed by atoms with Gasteiger partial charge in [0.05, 0.1) is 0 Å². The molecule has 0 radical (unpaired) electrons. The Labute approximate surface area is 113 Å². The summed E-state index contributed by atoms with van der Waals surface area (Å²) in [4.78, 5) is 22.4. The summed E-state index contributed by atoms with van der Waals surface area (Å²) < 4.78 is 0. The number of hydrogen-bond donors (Lipinski definition) is 2. The van der Waals surface area contributed by atoms with Crippen LogP contribution in [0.5, 0.6) is 0 Å². The summed E-state index contributed by atoms with van der Waals surface area (Å²) in [6, 6.07) is 7.07. The molecule has 1 aromatic carbocycles. The number of benzene rings is 1. The molecule has 4 heteroatoms. The Morgan fingerprint density at radius 3 is 2.53 bits per heavy atom. The zero-order valence-electron chi connectivity index (χ0n) is 11.4. The van der Waals surface area contributed by atoms with E-state index in [0.29, 0.717) is 5.69 Å². The average molecular weight is 261 g/mol. The lowest BCUT2D eigenvalue weighted by molar-refractivity contribution is -0.131. The molecule has 102 valence electrons. The number of carboxylic acids is 1. The summed E-state index contributed by atoms with van der Waals surface area (Å²) in [6.45, 7) is 5.88. The average Bonchev–Trinajstić information content (AvgIpc) is 2.35. The van der Waals surface area contributed by atoms with E-state index in [9.17, 15) is 9.59 Å². The quantitative estimate of drug-likeness (QED) is 0.801. The molecule has 1 aromatic rings. The van der Waals surface area contributed by atoms with E-state index in [1.807, 2.05) is 20.8 Å². The minimum Gasteiger partial charge on any atom is -0.478 e. The van der Waals surface area contributed by atoms with Crippen molar-refractivity contribution in [1.29, 1.82) is 0 Å². The highest BCUT2D eigenvalue weighted by Crippen LogP contribution is 2.16. The van der Waals surface area contributed by atoms with Crippen LogP contribution >= 0.6 is 0 Å². The third kappa shape index (κ3) is 4.95. The van der Waals surface area contributed by atoms with Gasteiger partial charge in [0, 0.05) is 17.7 Å². The molecule has 1 unspecified atom stereocenters. The third-order valence-corrected chi connectivity index (χ3v) is 2.99. The van der Waals surface area contributed by atoms with Crippen molar-refractivity contribution < 1.29 is 14.7 Å². The van der Waals surface area contributed by atoms with Gasteiger partial charge in [-0.2, -0.15) is 0 Å². The monoisotopic (exact) mass is 261 g/mol. The number of hydrogen-bond acceptors (Lipinski definition) is 2. The molecule has 0 aliphatic rings. The Kier molecular flexibility index (Phi) is 5.30. The third-order valence-electron chi connectivity index (χ3n) is 2.99. The molecule has 4 nitrogen and oxygen atoms in total. The van der Waals surface area contributed by atoms with Gasteiger partial charge < -0.3 is 10.4 Å². The number of amides is 1. The number of nitrogens with one attached hydrogen (secondary N) is 1. The second-order valence-electron chi connectivity index (χ2n) is 4.82. The predicted molar refractivity (Wildman–Crippen MR) is 75.7 cm³/mol. The van der Waals surface area contributed by atoms with Crippen LogP contribution in [0.25, 0.3) is 6.08 Å². The molecule has 19 heavy (non-hydrogen) atoms. The second-order valence-corrected chi connectivity index (χ2v) is 4.82. The molecule has 0 heterocycles. The normalized spacial score (nSPS) is 12.6. The van der Waals surface area contributed by atoms with Crippen LogP contribution in [0, 0.1) is 11.8 Å². The predicted octanol–water partition coefficient (Wildman–Crippen LogP) is 3.02. The number of carbonyl (C=O) groups is 2. The molecule has 1 rings (SSSR count). The summed E-state index contributed by atoms with van der Waals surface area (Å²) in [5, 5.41) is 11.4. The fraction of sp³-hybridized carbons (Fsp3) is 0.333. The van der Waals surface area contributed by atoms with Crippen molar-refractivity contribution in [2.75, 3.05) is 5.32 Å². The molecular weight excluding hydrogens is 242 g/mol. The van der Waals surface area contributed by atoms with Crippen LogP contribution in [0.15, 0.2) is 30.3 Å². The first kappa shape index (κ1) is 15.0. The van der Waals surface area contributed by atoms with Gasteiger partial charge in [0.15, 0.2) is 0 Å². The highest BCUT2D eigenvalue weighted by atomic mass is 16.4. The standard InChI is InChI=1S/C15H19NO3/c1-10(2)11(3)15(19)16-13-6-4-5-12(9-13)7-8-14(17)18/h4-11H,1-3H3,(H,16,19)(H,17,18). The Bertz CT molecular complexity index is 492. The maximum atomic E-state index is 11.9. The van der Waals surface area contributed by atoms with Gasteiger partial charge in [-0.3, -0.25) is 4.79 Å². The van der Waals surface area contributed by atoms with Crippen molar-refractivity contribution >= 4 is 23.6 Å². The first-order valence-corrected chi connectivity index (χ1v) is 6.22. The van der Waals surface area contributed by atoms with Gasteiger partial charge in [-0.05, 0) is 29.7 Å². The highest BCUT2D eigenvalue weighted by molar-refractivity contribution is 5.93. The molecule has 2 N–H and O–H groups in total. The van der Waals surface area contributed by atoms with Crippen molar-refractivity contribution in [3.8, 4) is 0 Å². The van der Waals surface area contributed by atoms with Gasteiger partial charge >= 0.3 is 5.97 Å². The van der Waals surface area contributed by atoms with Crippen LogP contribution in [0.4, 0.5) is 5.69 Å². The van der Waals surface area contributed by atoms with Gasteiger partial charge in [0.2, 0.25) is 5.91 Å². The van der Waals surface area contributed by atoms with Crippen molar-refractivity contribution in [1.82, 2.24) is 0 Å². The molecular formula is C15H19NO3. The molecule has 0 aliphatic heterocycles. The Balaban J connectivity index is 2.77. The molecule has 0 spiro atoms. The SMILES string of the molecule is CC(C)C(C)C(=O)Nc1cccc(C=CC(=O)O)c1. The minimum atomic E-state index is -0.997. The number of anilines is 1. The minimum absolute atomic E-state index is 0.0330. The summed E-state index contributed by atoms with van der Waals surface area (Å²) >= 11 is 0. The molecule has 0 saturated heterocycles. The van der Waals surface area contributed by atoms with E-state index in [4.69, 9.17) is 5.11 Å². The topological polar surface area (TPSA) is 66.4 Å². The van der Waals surface area contributed by atoms with Gasteiger partial charge in [0.25, 0.3) is 0 Å². The van der Waals surface area contributed by atoms with Crippen LogP contribution < -0.4 is 5.32 Å². The van der Waals surface area contributed by atoms with E-state index < -0.39 is 5.97 Å². The number of aliphatic carboxylic acids is 1. The lowest BCUT2D eigenvalue weighted by atomic mass is 9.97. The fourth-order valence-corrected chi connectivity index (χ4v) is 1.45. The van der Waals surface area contributed by atoms with E-state index >= 15 is 0 Å².